The van der Waals surface area contributed by atoms with E-state index in [0.717, 1.165) is 33.6 Å². The minimum absolute atomic E-state index is 0.313. The zero-order chi connectivity index (χ0) is 19.8. The maximum Gasteiger partial charge on any atom is 0.123 e. The molecule has 2 nitrogen and oxygen atoms in total. The van der Waals surface area contributed by atoms with E-state index in [1.807, 2.05) is 54.6 Å². The summed E-state index contributed by atoms with van der Waals surface area (Å²) in [6, 6.07) is 23.0. The number of H-pyrrole nitrogens is 1. The lowest BCUT2D eigenvalue weighted by Crippen LogP contribution is -2.30. The maximum absolute atomic E-state index is 14.1. The van der Waals surface area contributed by atoms with Crippen LogP contribution < -0.4 is 0 Å². The summed E-state index contributed by atoms with van der Waals surface area (Å²) in [7, 11) is 0. The lowest BCUT2D eigenvalue weighted by molar-refractivity contribution is 0.582. The summed E-state index contributed by atoms with van der Waals surface area (Å²) in [5.41, 5.74) is 4.74. The number of rotatable bonds is 3. The quantitative estimate of drug-likeness (QED) is 0.467. The highest BCUT2D eigenvalue weighted by Gasteiger charge is 2.37. The van der Waals surface area contributed by atoms with Gasteiger partial charge in [0.1, 0.15) is 11.6 Å². The minimum atomic E-state index is -0.683. The van der Waals surface area contributed by atoms with Crippen molar-refractivity contribution in [2.75, 3.05) is 0 Å². The van der Waals surface area contributed by atoms with E-state index in [1.54, 1.807) is 12.1 Å². The molecule has 4 aromatic rings. The van der Waals surface area contributed by atoms with Gasteiger partial charge in [-0.15, -0.1) is 0 Å². The number of allylic oxidation sites excluding steroid dienone is 1. The lowest BCUT2D eigenvalue weighted by Gasteiger charge is -2.34. The summed E-state index contributed by atoms with van der Waals surface area (Å²) in [6.07, 6.45) is 4.59. The monoisotopic (exact) mass is 384 g/mol. The predicted octanol–water partition coefficient (Wildman–Crippen LogP) is 5.91. The molecular weight excluding hydrogens is 366 g/mol. The number of hydrogen-bond donors (Lipinski definition) is 1. The Hall–Kier alpha value is -3.53. The smallest absolute Gasteiger partial charge is 0.123 e. The standard InChI is InChI=1S/C25H18F2N2/c26-20-10-4-8-18(14-20)25(19-9-5-11-21(27)15-19)13-12-22-23(16-25)28-29-24(22)17-6-2-1-3-7-17/h1-15H,16H2,(H,28,29). The second kappa shape index (κ2) is 6.82. The Bertz CT molecular complexity index is 1160. The van der Waals surface area contributed by atoms with Crippen molar-refractivity contribution in [1.82, 2.24) is 10.2 Å². The van der Waals surface area contributed by atoms with Gasteiger partial charge in [-0.05, 0) is 35.4 Å². The molecule has 0 atom stereocenters. The van der Waals surface area contributed by atoms with Crippen LogP contribution in [-0.4, -0.2) is 10.2 Å². The van der Waals surface area contributed by atoms with Crippen molar-refractivity contribution in [2.24, 2.45) is 0 Å². The Morgan fingerprint density at radius 2 is 1.45 bits per heavy atom. The lowest BCUT2D eigenvalue weighted by atomic mass is 9.68. The predicted molar refractivity (Wildman–Crippen MR) is 110 cm³/mol. The van der Waals surface area contributed by atoms with E-state index >= 15 is 0 Å². The van der Waals surface area contributed by atoms with Crippen LogP contribution in [-0.2, 0) is 11.8 Å². The van der Waals surface area contributed by atoms with Crippen molar-refractivity contribution in [3.63, 3.8) is 0 Å². The number of halogens is 2. The summed E-state index contributed by atoms with van der Waals surface area (Å²) in [5.74, 6) is -0.626. The van der Waals surface area contributed by atoms with Gasteiger partial charge in [0.05, 0.1) is 5.69 Å². The molecule has 0 aliphatic heterocycles. The van der Waals surface area contributed by atoms with Crippen LogP contribution in [0.4, 0.5) is 8.78 Å². The van der Waals surface area contributed by atoms with Gasteiger partial charge in [-0.25, -0.2) is 8.78 Å². The number of aromatic amines is 1. The van der Waals surface area contributed by atoms with E-state index in [9.17, 15) is 8.78 Å². The molecule has 0 amide bonds. The summed E-state index contributed by atoms with van der Waals surface area (Å²) in [5, 5.41) is 7.69. The van der Waals surface area contributed by atoms with Gasteiger partial charge in [0.25, 0.3) is 0 Å². The number of fused-ring (bicyclic) bond motifs is 1. The first-order valence-electron chi connectivity index (χ1n) is 9.50. The van der Waals surface area contributed by atoms with E-state index in [4.69, 9.17) is 0 Å². The zero-order valence-electron chi connectivity index (χ0n) is 15.6. The van der Waals surface area contributed by atoms with Crippen LogP contribution in [0.25, 0.3) is 17.3 Å². The van der Waals surface area contributed by atoms with Crippen molar-refractivity contribution in [3.05, 3.63) is 119 Å². The first-order valence-corrected chi connectivity index (χ1v) is 9.50. The molecule has 0 fully saturated rings. The van der Waals surface area contributed by atoms with Gasteiger partial charge in [-0.2, -0.15) is 5.10 Å². The number of nitrogens with zero attached hydrogens (tertiary/aromatic N) is 1. The largest absolute Gasteiger partial charge is 0.281 e. The second-order valence-corrected chi connectivity index (χ2v) is 7.33. The Labute approximate surface area is 167 Å². The molecular formula is C25H18F2N2. The number of benzene rings is 3. The third-order valence-electron chi connectivity index (χ3n) is 5.60. The fourth-order valence-corrected chi connectivity index (χ4v) is 4.18. The first kappa shape index (κ1) is 17.6. The molecule has 0 spiro atoms. The van der Waals surface area contributed by atoms with Crippen molar-refractivity contribution >= 4 is 6.08 Å². The Kier molecular flexibility index (Phi) is 4.13. The van der Waals surface area contributed by atoms with E-state index < -0.39 is 5.41 Å². The molecule has 0 saturated heterocycles. The van der Waals surface area contributed by atoms with E-state index in [0.29, 0.717) is 6.42 Å². The third kappa shape index (κ3) is 2.97. The maximum atomic E-state index is 14.1. The Balaban J connectivity index is 1.68. The van der Waals surface area contributed by atoms with Gasteiger partial charge >= 0.3 is 0 Å². The van der Waals surface area contributed by atoms with Gasteiger partial charge < -0.3 is 0 Å². The normalized spacial score (nSPS) is 14.6. The van der Waals surface area contributed by atoms with E-state index in [-0.39, 0.29) is 11.6 Å². The third-order valence-corrected chi connectivity index (χ3v) is 5.60. The molecule has 0 saturated carbocycles. The molecule has 1 aromatic heterocycles. The average molecular weight is 384 g/mol. The van der Waals surface area contributed by atoms with Crippen LogP contribution in [0, 0.1) is 11.6 Å². The van der Waals surface area contributed by atoms with Crippen LogP contribution >= 0.6 is 0 Å². The molecule has 5 rings (SSSR count). The molecule has 0 radical (unpaired) electrons. The molecule has 0 bridgehead atoms. The summed E-state index contributed by atoms with van der Waals surface area (Å²) < 4.78 is 28.2. The number of nitrogens with one attached hydrogen (secondary N) is 1. The second-order valence-electron chi connectivity index (χ2n) is 7.33. The molecule has 1 heterocycles. The SMILES string of the molecule is Fc1cccc(C2(c3cccc(F)c3)C=Cc3c(-c4ccccc4)n[nH]c3C2)c1. The van der Waals surface area contributed by atoms with Crippen molar-refractivity contribution < 1.29 is 8.78 Å². The molecule has 142 valence electrons. The molecule has 0 unspecified atom stereocenters. The van der Waals surface area contributed by atoms with Crippen LogP contribution in [0.2, 0.25) is 0 Å². The Morgan fingerprint density at radius 3 is 2.07 bits per heavy atom. The zero-order valence-corrected chi connectivity index (χ0v) is 15.6. The molecule has 1 aliphatic rings. The number of aromatic nitrogens is 2. The first-order chi connectivity index (χ1) is 14.2. The average Bonchev–Trinajstić information content (AvgIpc) is 3.17. The van der Waals surface area contributed by atoms with E-state index in [2.05, 4.69) is 10.2 Å². The van der Waals surface area contributed by atoms with Crippen molar-refractivity contribution in [1.29, 1.82) is 0 Å². The highest BCUT2D eigenvalue weighted by Crippen LogP contribution is 2.43. The van der Waals surface area contributed by atoms with Gasteiger partial charge in [0, 0.05) is 28.7 Å². The van der Waals surface area contributed by atoms with Crippen LogP contribution in [0.5, 0.6) is 0 Å². The van der Waals surface area contributed by atoms with Gasteiger partial charge in [0.2, 0.25) is 0 Å². The van der Waals surface area contributed by atoms with Crippen molar-refractivity contribution in [2.45, 2.75) is 11.8 Å². The Morgan fingerprint density at radius 1 is 0.793 bits per heavy atom. The van der Waals surface area contributed by atoms with Gasteiger partial charge in [-0.1, -0.05) is 66.7 Å². The summed E-state index contributed by atoms with van der Waals surface area (Å²) in [4.78, 5) is 0. The fourth-order valence-electron chi connectivity index (χ4n) is 4.18. The van der Waals surface area contributed by atoms with Crippen LogP contribution in [0.3, 0.4) is 0 Å². The fraction of sp³-hybridized carbons (Fsp3) is 0.0800. The molecule has 3 aromatic carbocycles. The highest BCUT2D eigenvalue weighted by atomic mass is 19.1. The van der Waals surface area contributed by atoms with Crippen LogP contribution in [0.1, 0.15) is 22.4 Å². The molecule has 1 N–H and O–H groups in total. The topological polar surface area (TPSA) is 28.7 Å². The summed E-state index contributed by atoms with van der Waals surface area (Å²) >= 11 is 0. The molecule has 4 heteroatoms. The summed E-state index contributed by atoms with van der Waals surface area (Å²) in [6.45, 7) is 0. The molecule has 1 aliphatic carbocycles. The van der Waals surface area contributed by atoms with E-state index in [1.165, 1.54) is 24.3 Å². The minimum Gasteiger partial charge on any atom is -0.281 e. The molecule has 29 heavy (non-hydrogen) atoms. The van der Waals surface area contributed by atoms with Gasteiger partial charge in [-0.3, -0.25) is 5.10 Å². The number of hydrogen-bond acceptors (Lipinski definition) is 1. The highest BCUT2D eigenvalue weighted by molar-refractivity contribution is 5.76. The van der Waals surface area contributed by atoms with Crippen LogP contribution in [0.15, 0.2) is 84.9 Å². The van der Waals surface area contributed by atoms with Gasteiger partial charge in [0.15, 0.2) is 0 Å². The van der Waals surface area contributed by atoms with Crippen molar-refractivity contribution in [3.8, 4) is 11.3 Å².